The normalized spacial score (nSPS) is 21.4. The van der Waals surface area contributed by atoms with Gasteiger partial charge in [0.05, 0.1) is 17.7 Å². The molecule has 1 aromatic carbocycles. The average molecular weight is 231 g/mol. The number of benzene rings is 1. The minimum atomic E-state index is -0.256. The third kappa shape index (κ3) is 1.61. The van der Waals surface area contributed by atoms with E-state index in [1.165, 1.54) is 0 Å². The number of nitrogens with two attached hydrogens (primary N) is 1. The van der Waals surface area contributed by atoms with Gasteiger partial charge in [0.1, 0.15) is 5.60 Å². The lowest BCUT2D eigenvalue weighted by Crippen LogP contribution is -2.39. The van der Waals surface area contributed by atoms with E-state index in [-0.39, 0.29) is 11.4 Å². The molecule has 1 heterocycles. The number of fused-ring (bicyclic) bond motifs is 1. The summed E-state index contributed by atoms with van der Waals surface area (Å²) in [7, 11) is 0. The number of aryl methyl sites for hydroxylation is 1. The molecule has 90 valence electrons. The topological polar surface area (TPSA) is 52.3 Å². The molecule has 1 spiro atoms. The van der Waals surface area contributed by atoms with Gasteiger partial charge in [-0.1, -0.05) is 0 Å². The molecule has 0 amide bonds. The van der Waals surface area contributed by atoms with Crippen molar-refractivity contribution in [3.8, 4) is 5.75 Å². The van der Waals surface area contributed by atoms with Crippen molar-refractivity contribution in [3.63, 3.8) is 0 Å². The van der Waals surface area contributed by atoms with E-state index in [1.54, 1.807) is 0 Å². The Morgan fingerprint density at radius 3 is 2.71 bits per heavy atom. The molecule has 3 rings (SSSR count). The highest BCUT2D eigenvalue weighted by molar-refractivity contribution is 6.02. The molecular formula is C14H17NO2. The standard InChI is InChI=1S/C14H17NO2/c1-9-6-10-12(16)8-14(4-2-3-5-14)17-13(10)11(15)7-9/h6-7H,2-5,8,15H2,1H3. The second-order valence-electron chi connectivity index (χ2n) is 5.32. The van der Waals surface area contributed by atoms with Gasteiger partial charge in [-0.05, 0) is 50.3 Å². The van der Waals surface area contributed by atoms with Gasteiger partial charge >= 0.3 is 0 Å². The van der Waals surface area contributed by atoms with Crippen LogP contribution in [0.5, 0.6) is 5.75 Å². The van der Waals surface area contributed by atoms with Crippen LogP contribution in [0, 0.1) is 6.92 Å². The minimum absolute atomic E-state index is 0.184. The van der Waals surface area contributed by atoms with Crippen molar-refractivity contribution >= 4 is 11.5 Å². The summed E-state index contributed by atoms with van der Waals surface area (Å²) >= 11 is 0. The summed E-state index contributed by atoms with van der Waals surface area (Å²) in [6.45, 7) is 1.95. The average Bonchev–Trinajstić information content (AvgIpc) is 2.69. The maximum atomic E-state index is 12.2. The van der Waals surface area contributed by atoms with E-state index in [0.717, 1.165) is 31.2 Å². The number of rotatable bonds is 0. The molecule has 3 nitrogen and oxygen atoms in total. The van der Waals surface area contributed by atoms with Crippen LogP contribution in [0.15, 0.2) is 12.1 Å². The van der Waals surface area contributed by atoms with Crippen LogP contribution >= 0.6 is 0 Å². The summed E-state index contributed by atoms with van der Waals surface area (Å²) in [5, 5.41) is 0. The number of ether oxygens (including phenoxy) is 1. The van der Waals surface area contributed by atoms with Gasteiger partial charge in [-0.25, -0.2) is 0 Å². The number of carbonyl (C=O) groups excluding carboxylic acids is 1. The summed E-state index contributed by atoms with van der Waals surface area (Å²) in [6, 6.07) is 3.76. The molecule has 2 N–H and O–H groups in total. The predicted molar refractivity (Wildman–Crippen MR) is 66.4 cm³/mol. The summed E-state index contributed by atoms with van der Waals surface area (Å²) in [4.78, 5) is 12.2. The van der Waals surface area contributed by atoms with Crippen molar-refractivity contribution < 1.29 is 9.53 Å². The monoisotopic (exact) mass is 231 g/mol. The van der Waals surface area contributed by atoms with Crippen molar-refractivity contribution in [2.24, 2.45) is 0 Å². The Kier molecular flexibility index (Phi) is 2.18. The molecule has 1 aliphatic heterocycles. The van der Waals surface area contributed by atoms with Crippen LogP contribution in [-0.4, -0.2) is 11.4 Å². The van der Waals surface area contributed by atoms with E-state index in [4.69, 9.17) is 10.5 Å². The Hall–Kier alpha value is -1.51. The lowest BCUT2D eigenvalue weighted by molar-refractivity contribution is 0.0456. The first-order valence-corrected chi connectivity index (χ1v) is 6.22. The summed E-state index contributed by atoms with van der Waals surface area (Å²) in [5.74, 6) is 0.803. The number of hydrogen-bond donors (Lipinski definition) is 1. The highest BCUT2D eigenvalue weighted by Crippen LogP contribution is 2.45. The highest BCUT2D eigenvalue weighted by Gasteiger charge is 2.43. The van der Waals surface area contributed by atoms with E-state index < -0.39 is 0 Å². The molecule has 17 heavy (non-hydrogen) atoms. The molecule has 1 saturated carbocycles. The number of anilines is 1. The number of ketones is 1. The fraction of sp³-hybridized carbons (Fsp3) is 0.500. The number of nitrogen functional groups attached to an aromatic ring is 1. The van der Waals surface area contributed by atoms with Crippen LogP contribution < -0.4 is 10.5 Å². The molecule has 3 heteroatoms. The van der Waals surface area contributed by atoms with Crippen molar-refractivity contribution in [1.82, 2.24) is 0 Å². The third-order valence-corrected chi connectivity index (χ3v) is 3.88. The summed E-state index contributed by atoms with van der Waals surface area (Å²) in [6.07, 6.45) is 4.77. The van der Waals surface area contributed by atoms with Gasteiger partial charge in [-0.3, -0.25) is 4.79 Å². The first-order chi connectivity index (χ1) is 8.10. The van der Waals surface area contributed by atoms with Crippen molar-refractivity contribution in [2.45, 2.75) is 44.6 Å². The van der Waals surface area contributed by atoms with Crippen LogP contribution in [0.4, 0.5) is 5.69 Å². The second kappa shape index (κ2) is 3.49. The Bertz CT molecular complexity index is 487. The molecular weight excluding hydrogens is 214 g/mol. The van der Waals surface area contributed by atoms with Crippen LogP contribution in [0.2, 0.25) is 0 Å². The molecule has 1 fully saturated rings. The zero-order valence-corrected chi connectivity index (χ0v) is 10.1. The van der Waals surface area contributed by atoms with Crippen LogP contribution in [0.25, 0.3) is 0 Å². The van der Waals surface area contributed by atoms with Gasteiger partial charge < -0.3 is 10.5 Å². The molecule has 0 aromatic heterocycles. The smallest absolute Gasteiger partial charge is 0.170 e. The summed E-state index contributed by atoms with van der Waals surface area (Å²) in [5.41, 5.74) is 8.00. The molecule has 1 aromatic rings. The van der Waals surface area contributed by atoms with Crippen molar-refractivity contribution in [2.75, 3.05) is 5.73 Å². The minimum Gasteiger partial charge on any atom is -0.484 e. The predicted octanol–water partition coefficient (Wildman–Crippen LogP) is 2.86. The van der Waals surface area contributed by atoms with Crippen molar-refractivity contribution in [1.29, 1.82) is 0 Å². The van der Waals surface area contributed by atoms with Crippen LogP contribution in [-0.2, 0) is 0 Å². The number of hydrogen-bond acceptors (Lipinski definition) is 3. The fourth-order valence-corrected chi connectivity index (χ4v) is 3.06. The molecule has 2 aliphatic rings. The Balaban J connectivity index is 2.09. The molecule has 0 saturated heterocycles. The SMILES string of the molecule is Cc1cc(N)c2c(c1)C(=O)CC1(CCCC1)O2. The fourth-order valence-electron chi connectivity index (χ4n) is 3.06. The number of Topliss-reactive ketones (excluding diaryl/α,β-unsaturated/α-hetero) is 1. The van der Waals surface area contributed by atoms with Gasteiger partial charge in [-0.15, -0.1) is 0 Å². The lowest BCUT2D eigenvalue weighted by atomic mass is 9.88. The lowest BCUT2D eigenvalue weighted by Gasteiger charge is -2.35. The van der Waals surface area contributed by atoms with Gasteiger partial charge in [0.15, 0.2) is 11.5 Å². The summed E-state index contributed by atoms with van der Waals surface area (Å²) < 4.78 is 6.09. The van der Waals surface area contributed by atoms with E-state index in [1.807, 2.05) is 19.1 Å². The Morgan fingerprint density at radius 1 is 1.29 bits per heavy atom. The van der Waals surface area contributed by atoms with E-state index in [2.05, 4.69) is 0 Å². The highest BCUT2D eigenvalue weighted by atomic mass is 16.5. The molecule has 0 atom stereocenters. The van der Waals surface area contributed by atoms with E-state index in [0.29, 0.717) is 23.4 Å². The van der Waals surface area contributed by atoms with Gasteiger partial charge in [-0.2, -0.15) is 0 Å². The largest absolute Gasteiger partial charge is 0.484 e. The molecule has 1 aliphatic carbocycles. The maximum absolute atomic E-state index is 12.2. The zero-order chi connectivity index (χ0) is 12.0. The first-order valence-electron chi connectivity index (χ1n) is 6.22. The van der Waals surface area contributed by atoms with Gasteiger partial charge in [0, 0.05) is 0 Å². The Morgan fingerprint density at radius 2 is 2.00 bits per heavy atom. The van der Waals surface area contributed by atoms with Gasteiger partial charge in [0.2, 0.25) is 0 Å². The number of carbonyl (C=O) groups is 1. The van der Waals surface area contributed by atoms with E-state index >= 15 is 0 Å². The maximum Gasteiger partial charge on any atom is 0.170 e. The Labute approximate surface area is 101 Å². The van der Waals surface area contributed by atoms with Gasteiger partial charge in [0.25, 0.3) is 0 Å². The quantitative estimate of drug-likeness (QED) is 0.698. The van der Waals surface area contributed by atoms with Crippen LogP contribution in [0.1, 0.15) is 48.0 Å². The van der Waals surface area contributed by atoms with Crippen molar-refractivity contribution in [3.05, 3.63) is 23.3 Å². The second-order valence-corrected chi connectivity index (χ2v) is 5.32. The first kappa shape index (κ1) is 10.6. The van der Waals surface area contributed by atoms with E-state index in [9.17, 15) is 4.79 Å². The molecule has 0 radical (unpaired) electrons. The molecule has 0 bridgehead atoms. The molecule has 0 unspecified atom stereocenters. The third-order valence-electron chi connectivity index (χ3n) is 3.88. The zero-order valence-electron chi connectivity index (χ0n) is 10.1. The van der Waals surface area contributed by atoms with Crippen LogP contribution in [0.3, 0.4) is 0 Å².